The van der Waals surface area contributed by atoms with Crippen LogP contribution in [-0.2, 0) is 0 Å². The van der Waals surface area contributed by atoms with Crippen molar-refractivity contribution in [2.24, 2.45) is 0 Å². The lowest BCUT2D eigenvalue weighted by molar-refractivity contribution is 0.164. The number of piperidine rings is 1. The highest BCUT2D eigenvalue weighted by molar-refractivity contribution is 5.42. The van der Waals surface area contributed by atoms with Crippen molar-refractivity contribution in [1.82, 2.24) is 19.9 Å². The molecule has 122 valence electrons. The first-order valence-corrected chi connectivity index (χ1v) is 7.82. The first-order chi connectivity index (χ1) is 11.1. The Kier molecular flexibility index (Phi) is 4.55. The molecule has 0 amide bonds. The highest BCUT2D eigenvalue weighted by atomic mass is 16.5. The van der Waals surface area contributed by atoms with Crippen molar-refractivity contribution in [2.45, 2.75) is 25.9 Å². The molecule has 1 fully saturated rings. The largest absolute Gasteiger partial charge is 0.458 e. The maximum atomic E-state index is 5.91. The summed E-state index contributed by atoms with van der Waals surface area (Å²) >= 11 is 0. The minimum Gasteiger partial charge on any atom is -0.458 e. The molecular formula is C16H22N6O. The van der Waals surface area contributed by atoms with E-state index in [1.165, 1.54) is 0 Å². The van der Waals surface area contributed by atoms with E-state index in [4.69, 9.17) is 4.74 Å². The molecule has 0 bridgehead atoms. The normalized spacial score (nSPS) is 17.9. The van der Waals surface area contributed by atoms with Crippen molar-refractivity contribution in [1.29, 1.82) is 0 Å². The molecule has 1 aliphatic heterocycles. The van der Waals surface area contributed by atoms with Gasteiger partial charge in [-0.15, -0.1) is 0 Å². The summed E-state index contributed by atoms with van der Waals surface area (Å²) < 4.78 is 5.91. The smallest absolute Gasteiger partial charge is 0.316 e. The molecule has 0 aliphatic carbocycles. The second-order valence-corrected chi connectivity index (χ2v) is 5.98. The van der Waals surface area contributed by atoms with Gasteiger partial charge in [-0.1, -0.05) is 0 Å². The molecular weight excluding hydrogens is 292 g/mol. The Morgan fingerprint density at radius 1 is 1.22 bits per heavy atom. The van der Waals surface area contributed by atoms with Crippen LogP contribution in [-0.4, -0.2) is 53.2 Å². The number of nitrogens with zero attached hydrogens (tertiary/aromatic N) is 6. The number of rotatable bonds is 4. The number of hydrogen-bond acceptors (Lipinski definition) is 7. The Balaban J connectivity index is 1.68. The molecule has 1 unspecified atom stereocenters. The molecule has 0 radical (unpaired) electrons. The lowest BCUT2D eigenvalue weighted by Crippen LogP contribution is -2.42. The Morgan fingerprint density at radius 3 is 2.74 bits per heavy atom. The van der Waals surface area contributed by atoms with Crippen LogP contribution in [0.4, 0.5) is 11.8 Å². The molecule has 1 aliphatic rings. The second kappa shape index (κ2) is 6.76. The van der Waals surface area contributed by atoms with E-state index in [9.17, 15) is 0 Å². The third-order valence-corrected chi connectivity index (χ3v) is 3.78. The maximum Gasteiger partial charge on any atom is 0.316 e. The zero-order valence-corrected chi connectivity index (χ0v) is 13.8. The summed E-state index contributed by atoms with van der Waals surface area (Å²) in [5, 5.41) is 0. The van der Waals surface area contributed by atoms with Crippen molar-refractivity contribution in [3.63, 3.8) is 0 Å². The summed E-state index contributed by atoms with van der Waals surface area (Å²) in [5.41, 5.74) is 1.02. The van der Waals surface area contributed by atoms with Crippen molar-refractivity contribution in [2.75, 3.05) is 37.0 Å². The summed E-state index contributed by atoms with van der Waals surface area (Å²) in [6.07, 6.45) is 7.41. The average molecular weight is 314 g/mol. The summed E-state index contributed by atoms with van der Waals surface area (Å²) in [6.45, 7) is 3.64. The molecule has 2 aromatic rings. The Bertz CT molecular complexity index is 645. The van der Waals surface area contributed by atoms with Crippen LogP contribution >= 0.6 is 0 Å². The van der Waals surface area contributed by atoms with Crippen LogP contribution in [0.25, 0.3) is 0 Å². The van der Waals surface area contributed by atoms with E-state index in [0.717, 1.165) is 43.3 Å². The fourth-order valence-corrected chi connectivity index (χ4v) is 2.55. The van der Waals surface area contributed by atoms with Crippen molar-refractivity contribution < 1.29 is 4.74 Å². The van der Waals surface area contributed by atoms with Crippen molar-refractivity contribution in [3.05, 3.63) is 30.2 Å². The van der Waals surface area contributed by atoms with Crippen LogP contribution in [0.1, 0.15) is 18.4 Å². The van der Waals surface area contributed by atoms with Crippen LogP contribution in [0, 0.1) is 6.92 Å². The van der Waals surface area contributed by atoms with Gasteiger partial charge in [0, 0.05) is 39.2 Å². The molecule has 0 saturated carbocycles. The van der Waals surface area contributed by atoms with Gasteiger partial charge in [0.1, 0.15) is 11.9 Å². The fourth-order valence-electron chi connectivity index (χ4n) is 2.55. The first-order valence-electron chi connectivity index (χ1n) is 7.82. The minimum atomic E-state index is 0.0538. The van der Waals surface area contributed by atoms with Gasteiger partial charge in [0.15, 0.2) is 0 Å². The van der Waals surface area contributed by atoms with Gasteiger partial charge in [0.05, 0.1) is 6.54 Å². The van der Waals surface area contributed by atoms with Gasteiger partial charge in [-0.3, -0.25) is 0 Å². The van der Waals surface area contributed by atoms with Crippen LogP contribution in [0.15, 0.2) is 24.7 Å². The van der Waals surface area contributed by atoms with Gasteiger partial charge >= 0.3 is 6.01 Å². The van der Waals surface area contributed by atoms with E-state index < -0.39 is 0 Å². The lowest BCUT2D eigenvalue weighted by atomic mass is 10.1. The Hall–Kier alpha value is -2.44. The molecule has 0 aromatic carbocycles. The topological polar surface area (TPSA) is 67.3 Å². The van der Waals surface area contributed by atoms with Crippen molar-refractivity contribution >= 4 is 11.8 Å². The third kappa shape index (κ3) is 3.85. The molecule has 7 heteroatoms. The summed E-state index contributed by atoms with van der Waals surface area (Å²) in [4.78, 5) is 21.6. The highest BCUT2D eigenvalue weighted by Crippen LogP contribution is 2.20. The summed E-state index contributed by atoms with van der Waals surface area (Å²) in [7, 11) is 3.95. The van der Waals surface area contributed by atoms with E-state index in [1.807, 2.05) is 32.0 Å². The molecule has 23 heavy (non-hydrogen) atoms. The van der Waals surface area contributed by atoms with E-state index in [0.29, 0.717) is 6.01 Å². The minimum absolute atomic E-state index is 0.0538. The standard InChI is InChI=1S/C16H22N6O/c1-12-9-18-16(19-10-12)23-13-5-4-8-22(11-13)15-17-7-6-14(20-15)21(2)3/h6-7,9-10,13H,4-5,8,11H2,1-3H3. The van der Waals surface area contributed by atoms with Gasteiger partial charge in [0.2, 0.25) is 5.95 Å². The predicted molar refractivity (Wildman–Crippen MR) is 89.0 cm³/mol. The van der Waals surface area contributed by atoms with Crippen LogP contribution in [0.3, 0.4) is 0 Å². The SMILES string of the molecule is Cc1cnc(OC2CCCN(c3nccc(N(C)C)n3)C2)nc1. The summed E-state index contributed by atoms with van der Waals surface area (Å²) in [5.74, 6) is 1.65. The Labute approximate surface area is 136 Å². The molecule has 0 spiro atoms. The number of aryl methyl sites for hydroxylation is 1. The van der Waals surface area contributed by atoms with Gasteiger partial charge in [0.25, 0.3) is 0 Å². The number of anilines is 2. The molecule has 3 heterocycles. The molecule has 1 atom stereocenters. The van der Waals surface area contributed by atoms with E-state index in [1.54, 1.807) is 18.6 Å². The van der Waals surface area contributed by atoms with Crippen LogP contribution in [0.5, 0.6) is 6.01 Å². The van der Waals surface area contributed by atoms with Crippen molar-refractivity contribution in [3.8, 4) is 6.01 Å². The molecule has 0 N–H and O–H groups in total. The van der Waals surface area contributed by atoms with E-state index in [2.05, 4.69) is 24.8 Å². The van der Waals surface area contributed by atoms with Crippen LogP contribution < -0.4 is 14.5 Å². The van der Waals surface area contributed by atoms with E-state index in [-0.39, 0.29) is 6.10 Å². The zero-order chi connectivity index (χ0) is 16.2. The van der Waals surface area contributed by atoms with Gasteiger partial charge in [-0.25, -0.2) is 15.0 Å². The quantitative estimate of drug-likeness (QED) is 0.850. The average Bonchev–Trinajstić information content (AvgIpc) is 2.57. The number of aromatic nitrogens is 4. The summed E-state index contributed by atoms with van der Waals surface area (Å²) in [6, 6.07) is 2.34. The molecule has 1 saturated heterocycles. The molecule has 3 rings (SSSR count). The second-order valence-electron chi connectivity index (χ2n) is 5.98. The number of hydrogen-bond donors (Lipinski definition) is 0. The van der Waals surface area contributed by atoms with Crippen LogP contribution in [0.2, 0.25) is 0 Å². The van der Waals surface area contributed by atoms with Gasteiger partial charge in [-0.2, -0.15) is 4.98 Å². The third-order valence-electron chi connectivity index (χ3n) is 3.78. The monoisotopic (exact) mass is 314 g/mol. The molecule has 2 aromatic heterocycles. The number of ether oxygens (including phenoxy) is 1. The van der Waals surface area contributed by atoms with E-state index >= 15 is 0 Å². The predicted octanol–water partition coefficient (Wildman–Crippen LogP) is 1.69. The maximum absolute atomic E-state index is 5.91. The Morgan fingerprint density at radius 2 is 2.00 bits per heavy atom. The lowest BCUT2D eigenvalue weighted by Gasteiger charge is -2.32. The molecule has 7 nitrogen and oxygen atoms in total. The van der Waals surface area contributed by atoms with Gasteiger partial charge in [-0.05, 0) is 31.4 Å². The zero-order valence-electron chi connectivity index (χ0n) is 13.8. The fraction of sp³-hybridized carbons (Fsp3) is 0.500. The highest BCUT2D eigenvalue weighted by Gasteiger charge is 2.24. The van der Waals surface area contributed by atoms with Gasteiger partial charge < -0.3 is 14.5 Å². The first kappa shape index (κ1) is 15.5.